The minimum absolute atomic E-state index is 0.553. The number of nitrogens with zero attached hydrogens (tertiary/aromatic N) is 2. The topological polar surface area (TPSA) is 63.8 Å². The van der Waals surface area contributed by atoms with Gasteiger partial charge in [0.05, 0.1) is 11.4 Å². The molecular weight excluding hydrogens is 212 g/mol. The Kier molecular flexibility index (Phi) is 4.45. The molecule has 0 amide bonds. The van der Waals surface area contributed by atoms with Gasteiger partial charge in [-0.25, -0.2) is 0 Å². The molecule has 1 aromatic heterocycles. The van der Waals surface area contributed by atoms with Crippen LogP contribution in [0.1, 0.15) is 37.1 Å². The predicted octanol–water partition coefficient (Wildman–Crippen LogP) is 1.39. The molecule has 0 aliphatic heterocycles. The molecule has 1 aliphatic rings. The summed E-state index contributed by atoms with van der Waals surface area (Å²) >= 11 is 0. The molecule has 3 N–H and O–H groups in total. The smallest absolute Gasteiger partial charge is 0.0724 e. The molecule has 1 aromatic rings. The first-order chi connectivity index (χ1) is 8.29. The van der Waals surface area contributed by atoms with Gasteiger partial charge in [-0.1, -0.05) is 12.8 Å². The highest BCUT2D eigenvalue weighted by molar-refractivity contribution is 5.00. The van der Waals surface area contributed by atoms with Gasteiger partial charge in [-0.05, 0) is 32.2 Å². The summed E-state index contributed by atoms with van der Waals surface area (Å²) in [7, 11) is 0. The van der Waals surface area contributed by atoms with Crippen LogP contribution in [0.4, 0.5) is 0 Å². The minimum Gasteiger partial charge on any atom is -0.330 e. The quantitative estimate of drug-likeness (QED) is 0.826. The Balaban J connectivity index is 1.86. The van der Waals surface area contributed by atoms with Gasteiger partial charge in [0.2, 0.25) is 0 Å². The SMILES string of the molecule is Cc1cnc(CNC2CCCCC2CN)cn1. The summed E-state index contributed by atoms with van der Waals surface area (Å²) in [4.78, 5) is 8.61. The molecule has 1 aliphatic carbocycles. The number of hydrogen-bond donors (Lipinski definition) is 2. The van der Waals surface area contributed by atoms with Crippen molar-refractivity contribution >= 4 is 0 Å². The Morgan fingerprint density at radius 2 is 2.12 bits per heavy atom. The van der Waals surface area contributed by atoms with Crippen LogP contribution in [0.2, 0.25) is 0 Å². The molecular formula is C13H22N4. The molecule has 2 rings (SSSR count). The molecule has 1 heterocycles. The Morgan fingerprint density at radius 3 is 2.82 bits per heavy atom. The number of nitrogens with one attached hydrogen (secondary N) is 1. The minimum atomic E-state index is 0.553. The molecule has 0 bridgehead atoms. The monoisotopic (exact) mass is 234 g/mol. The van der Waals surface area contributed by atoms with Crippen LogP contribution in [-0.2, 0) is 6.54 Å². The van der Waals surface area contributed by atoms with Crippen molar-refractivity contribution in [2.45, 2.75) is 45.2 Å². The van der Waals surface area contributed by atoms with E-state index in [9.17, 15) is 0 Å². The fourth-order valence-corrected chi connectivity index (χ4v) is 2.50. The number of aromatic nitrogens is 2. The highest BCUT2D eigenvalue weighted by Crippen LogP contribution is 2.23. The van der Waals surface area contributed by atoms with Crippen LogP contribution in [0, 0.1) is 12.8 Å². The lowest BCUT2D eigenvalue weighted by Crippen LogP contribution is -2.41. The number of rotatable bonds is 4. The molecule has 17 heavy (non-hydrogen) atoms. The average molecular weight is 234 g/mol. The third kappa shape index (κ3) is 3.48. The van der Waals surface area contributed by atoms with Crippen molar-refractivity contribution in [1.82, 2.24) is 15.3 Å². The zero-order valence-electron chi connectivity index (χ0n) is 10.5. The Hall–Kier alpha value is -1.00. The summed E-state index contributed by atoms with van der Waals surface area (Å²) in [5, 5.41) is 3.58. The van der Waals surface area contributed by atoms with Gasteiger partial charge in [0.1, 0.15) is 0 Å². The molecule has 94 valence electrons. The van der Waals surface area contributed by atoms with E-state index in [0.29, 0.717) is 12.0 Å². The Labute approximate surface area is 103 Å². The number of aryl methyl sites for hydroxylation is 1. The van der Waals surface area contributed by atoms with Gasteiger partial charge < -0.3 is 11.1 Å². The maximum absolute atomic E-state index is 5.81. The van der Waals surface area contributed by atoms with Gasteiger partial charge in [-0.15, -0.1) is 0 Å². The van der Waals surface area contributed by atoms with Crippen LogP contribution >= 0.6 is 0 Å². The van der Waals surface area contributed by atoms with Crippen molar-refractivity contribution in [3.63, 3.8) is 0 Å². The molecule has 0 aromatic carbocycles. The maximum Gasteiger partial charge on any atom is 0.0724 e. The van der Waals surface area contributed by atoms with Gasteiger partial charge in [-0.2, -0.15) is 0 Å². The average Bonchev–Trinajstić information content (AvgIpc) is 2.38. The van der Waals surface area contributed by atoms with E-state index in [-0.39, 0.29) is 0 Å². The molecule has 0 radical (unpaired) electrons. The van der Waals surface area contributed by atoms with Gasteiger partial charge >= 0.3 is 0 Å². The largest absolute Gasteiger partial charge is 0.330 e. The van der Waals surface area contributed by atoms with Crippen molar-refractivity contribution in [2.75, 3.05) is 6.54 Å². The van der Waals surface area contributed by atoms with Crippen LogP contribution < -0.4 is 11.1 Å². The van der Waals surface area contributed by atoms with E-state index in [1.807, 2.05) is 19.3 Å². The lowest BCUT2D eigenvalue weighted by molar-refractivity contribution is 0.266. The Bertz CT molecular complexity index is 336. The molecule has 1 saturated carbocycles. The maximum atomic E-state index is 5.81. The van der Waals surface area contributed by atoms with Crippen LogP contribution in [-0.4, -0.2) is 22.6 Å². The summed E-state index contributed by atoms with van der Waals surface area (Å²) in [6.07, 6.45) is 8.80. The summed E-state index contributed by atoms with van der Waals surface area (Å²) in [6.45, 7) is 3.54. The highest BCUT2D eigenvalue weighted by Gasteiger charge is 2.23. The molecule has 1 fully saturated rings. The Morgan fingerprint density at radius 1 is 1.29 bits per heavy atom. The zero-order chi connectivity index (χ0) is 12.1. The van der Waals surface area contributed by atoms with E-state index < -0.39 is 0 Å². The van der Waals surface area contributed by atoms with E-state index in [1.54, 1.807) is 0 Å². The van der Waals surface area contributed by atoms with Crippen molar-refractivity contribution in [1.29, 1.82) is 0 Å². The van der Waals surface area contributed by atoms with Crippen LogP contribution in [0.5, 0.6) is 0 Å². The molecule has 0 saturated heterocycles. The molecule has 0 spiro atoms. The van der Waals surface area contributed by atoms with E-state index >= 15 is 0 Å². The fraction of sp³-hybridized carbons (Fsp3) is 0.692. The second-order valence-electron chi connectivity index (χ2n) is 4.92. The first-order valence-corrected chi connectivity index (χ1v) is 6.50. The van der Waals surface area contributed by atoms with Crippen LogP contribution in [0.15, 0.2) is 12.4 Å². The second-order valence-corrected chi connectivity index (χ2v) is 4.92. The normalized spacial score (nSPS) is 24.8. The van der Waals surface area contributed by atoms with Crippen molar-refractivity contribution in [3.05, 3.63) is 23.8 Å². The van der Waals surface area contributed by atoms with Crippen molar-refractivity contribution < 1.29 is 0 Å². The lowest BCUT2D eigenvalue weighted by atomic mass is 9.84. The standard InChI is InChI=1S/C13H22N4/c1-10-7-16-12(8-15-10)9-17-13-5-3-2-4-11(13)6-14/h7-8,11,13,17H,2-6,9,14H2,1H3. The van der Waals surface area contributed by atoms with E-state index in [0.717, 1.165) is 24.5 Å². The fourth-order valence-electron chi connectivity index (χ4n) is 2.50. The highest BCUT2D eigenvalue weighted by atomic mass is 15.0. The van der Waals surface area contributed by atoms with Crippen molar-refractivity contribution in [3.8, 4) is 0 Å². The summed E-state index contributed by atoms with van der Waals surface area (Å²) < 4.78 is 0. The van der Waals surface area contributed by atoms with Gasteiger partial charge in [0.25, 0.3) is 0 Å². The molecule has 4 heteroatoms. The van der Waals surface area contributed by atoms with Gasteiger partial charge in [0, 0.05) is 25.0 Å². The first-order valence-electron chi connectivity index (χ1n) is 6.50. The van der Waals surface area contributed by atoms with E-state index in [1.165, 1.54) is 25.7 Å². The first kappa shape index (κ1) is 12.5. The lowest BCUT2D eigenvalue weighted by Gasteiger charge is -2.31. The number of nitrogens with two attached hydrogens (primary N) is 1. The van der Waals surface area contributed by atoms with E-state index in [2.05, 4.69) is 15.3 Å². The van der Waals surface area contributed by atoms with E-state index in [4.69, 9.17) is 5.73 Å². The molecule has 4 nitrogen and oxygen atoms in total. The number of hydrogen-bond acceptors (Lipinski definition) is 4. The van der Waals surface area contributed by atoms with Gasteiger partial charge in [0.15, 0.2) is 0 Å². The molecule has 2 unspecified atom stereocenters. The zero-order valence-corrected chi connectivity index (χ0v) is 10.5. The van der Waals surface area contributed by atoms with Gasteiger partial charge in [-0.3, -0.25) is 9.97 Å². The summed E-state index contributed by atoms with van der Waals surface area (Å²) in [5.41, 5.74) is 7.79. The van der Waals surface area contributed by atoms with Crippen LogP contribution in [0.25, 0.3) is 0 Å². The summed E-state index contributed by atoms with van der Waals surface area (Å²) in [6, 6.07) is 0.553. The third-order valence-corrected chi connectivity index (χ3v) is 3.59. The van der Waals surface area contributed by atoms with Crippen molar-refractivity contribution in [2.24, 2.45) is 11.7 Å². The van der Waals surface area contributed by atoms with Crippen LogP contribution in [0.3, 0.4) is 0 Å². The second kappa shape index (κ2) is 6.07. The predicted molar refractivity (Wildman–Crippen MR) is 68.4 cm³/mol. The molecule has 2 atom stereocenters. The summed E-state index contributed by atoms with van der Waals surface area (Å²) in [5.74, 6) is 0.627. The third-order valence-electron chi connectivity index (χ3n) is 3.59.